The van der Waals surface area contributed by atoms with Gasteiger partial charge < -0.3 is 9.66 Å². The van der Waals surface area contributed by atoms with Gasteiger partial charge in [0.15, 0.2) is 0 Å². The van der Waals surface area contributed by atoms with Gasteiger partial charge in [-0.2, -0.15) is 0 Å². The molecule has 1 aromatic rings. The lowest BCUT2D eigenvalue weighted by atomic mass is 9.85. The van der Waals surface area contributed by atoms with Crippen LogP contribution in [0.3, 0.4) is 0 Å². The van der Waals surface area contributed by atoms with Gasteiger partial charge >= 0.3 is 0 Å². The number of aromatic hydroxyl groups is 1. The summed E-state index contributed by atoms with van der Waals surface area (Å²) in [5, 5.41) is 9.82. The van der Waals surface area contributed by atoms with Gasteiger partial charge in [0.05, 0.1) is 5.75 Å². The highest BCUT2D eigenvalue weighted by atomic mass is 32.8. The molecule has 0 saturated heterocycles. The van der Waals surface area contributed by atoms with E-state index in [0.717, 1.165) is 11.1 Å². The molecule has 1 aromatic carbocycles. The van der Waals surface area contributed by atoms with Crippen LogP contribution in [-0.4, -0.2) is 19.6 Å². The van der Waals surface area contributed by atoms with Crippen molar-refractivity contribution in [1.82, 2.24) is 0 Å². The second-order valence-corrected chi connectivity index (χ2v) is 8.63. The standard InChI is InChI=1S/C13H20O3S2/c1-13(2,3)11-9-10(6-7-12(11)14)5-4-8-18(15,16)17/h6-7,9,14H,4-5,8H2,1-3H3,(H,15,16,17). The van der Waals surface area contributed by atoms with Crippen LogP contribution in [0.1, 0.15) is 38.3 Å². The third-order valence-corrected chi connectivity index (χ3v) is 4.04. The molecule has 2 N–H and O–H groups in total. The summed E-state index contributed by atoms with van der Waals surface area (Å²) < 4.78 is 20.0. The van der Waals surface area contributed by atoms with Crippen LogP contribution in [0.4, 0.5) is 0 Å². The predicted molar refractivity (Wildman–Crippen MR) is 78.1 cm³/mol. The number of benzene rings is 1. The van der Waals surface area contributed by atoms with Gasteiger partial charge in [-0.05, 0) is 35.4 Å². The van der Waals surface area contributed by atoms with E-state index < -0.39 is 8.77 Å². The fourth-order valence-electron chi connectivity index (χ4n) is 1.80. The number of rotatable bonds is 4. The zero-order chi connectivity index (χ0) is 14.0. The Hall–Kier alpha value is -0.650. The molecule has 0 radical (unpaired) electrons. The summed E-state index contributed by atoms with van der Waals surface area (Å²) in [6, 6.07) is 5.48. The Morgan fingerprint density at radius 3 is 2.44 bits per heavy atom. The van der Waals surface area contributed by atoms with E-state index in [1.54, 1.807) is 6.07 Å². The third-order valence-electron chi connectivity index (χ3n) is 2.74. The lowest BCUT2D eigenvalue weighted by Gasteiger charge is -2.21. The minimum absolute atomic E-state index is 0.122. The number of phenols is 1. The number of hydrogen-bond acceptors (Lipinski definition) is 3. The molecule has 0 heterocycles. The highest BCUT2D eigenvalue weighted by molar-refractivity contribution is 8.29. The largest absolute Gasteiger partial charge is 0.508 e. The average Bonchev–Trinajstić information content (AvgIpc) is 2.17. The molecular weight excluding hydrogens is 268 g/mol. The van der Waals surface area contributed by atoms with Gasteiger partial charge in [0.1, 0.15) is 14.5 Å². The van der Waals surface area contributed by atoms with Gasteiger partial charge in [0.25, 0.3) is 0 Å². The molecule has 0 aliphatic heterocycles. The first kappa shape index (κ1) is 15.4. The number of aryl methyl sites for hydroxylation is 1. The predicted octanol–water partition coefficient (Wildman–Crippen LogP) is 2.84. The Morgan fingerprint density at radius 2 is 1.94 bits per heavy atom. The summed E-state index contributed by atoms with van der Waals surface area (Å²) in [6.45, 7) is 6.11. The molecule has 0 fully saturated rings. The van der Waals surface area contributed by atoms with Crippen molar-refractivity contribution in [2.75, 3.05) is 5.75 Å². The summed E-state index contributed by atoms with van der Waals surface area (Å²) in [7, 11) is -3.06. The summed E-state index contributed by atoms with van der Waals surface area (Å²) in [5.41, 5.74) is 1.82. The highest BCUT2D eigenvalue weighted by Gasteiger charge is 2.18. The second kappa shape index (κ2) is 5.55. The van der Waals surface area contributed by atoms with Crippen molar-refractivity contribution < 1.29 is 13.9 Å². The Morgan fingerprint density at radius 1 is 1.33 bits per heavy atom. The molecule has 18 heavy (non-hydrogen) atoms. The molecule has 0 spiro atoms. The van der Waals surface area contributed by atoms with Crippen molar-refractivity contribution >= 4 is 20.0 Å². The Kier molecular flexibility index (Phi) is 4.75. The van der Waals surface area contributed by atoms with E-state index in [-0.39, 0.29) is 11.2 Å². The first-order valence-corrected chi connectivity index (χ1v) is 8.48. The topological polar surface area (TPSA) is 57.5 Å². The van der Waals surface area contributed by atoms with E-state index in [1.807, 2.05) is 32.9 Å². The van der Waals surface area contributed by atoms with Crippen LogP contribution in [0, 0.1) is 0 Å². The minimum Gasteiger partial charge on any atom is -0.508 e. The molecule has 0 aliphatic carbocycles. The maximum atomic E-state index is 11.0. The Balaban J connectivity index is 2.80. The van der Waals surface area contributed by atoms with Gasteiger partial charge in [0, 0.05) is 11.2 Å². The lowest BCUT2D eigenvalue weighted by Crippen LogP contribution is -2.12. The summed E-state index contributed by atoms with van der Waals surface area (Å²) in [4.78, 5) is 0. The van der Waals surface area contributed by atoms with E-state index in [2.05, 4.69) is 11.2 Å². The molecule has 3 nitrogen and oxygen atoms in total. The maximum Gasteiger partial charge on any atom is 0.141 e. The van der Waals surface area contributed by atoms with Crippen LogP contribution in [0.15, 0.2) is 18.2 Å². The SMILES string of the molecule is CC(C)(C)c1cc(CCCS(=O)(O)=S)ccc1O. The number of phenolic OH excluding ortho intramolecular Hbond substituents is 1. The van der Waals surface area contributed by atoms with E-state index in [1.165, 1.54) is 0 Å². The van der Waals surface area contributed by atoms with Crippen LogP contribution in [-0.2, 0) is 31.8 Å². The molecule has 1 unspecified atom stereocenters. The summed E-state index contributed by atoms with van der Waals surface area (Å²) in [5.74, 6) is 0.425. The van der Waals surface area contributed by atoms with E-state index >= 15 is 0 Å². The number of hydrogen-bond donors (Lipinski definition) is 2. The van der Waals surface area contributed by atoms with Crippen molar-refractivity contribution in [3.63, 3.8) is 0 Å². The Bertz CT molecular complexity index is 514. The second-order valence-electron chi connectivity index (χ2n) is 5.49. The molecule has 102 valence electrons. The van der Waals surface area contributed by atoms with Gasteiger partial charge in [0.2, 0.25) is 0 Å². The lowest BCUT2D eigenvalue weighted by molar-refractivity contribution is 0.446. The maximum absolute atomic E-state index is 11.0. The fourth-order valence-corrected chi connectivity index (χ4v) is 2.66. The quantitative estimate of drug-likeness (QED) is 0.894. The van der Waals surface area contributed by atoms with Gasteiger partial charge in [-0.1, -0.05) is 32.9 Å². The van der Waals surface area contributed by atoms with Crippen LogP contribution < -0.4 is 0 Å². The van der Waals surface area contributed by atoms with Crippen molar-refractivity contribution in [2.24, 2.45) is 0 Å². The molecular formula is C13H20O3S2. The Labute approximate surface area is 114 Å². The summed E-state index contributed by atoms with van der Waals surface area (Å²) in [6.07, 6.45) is 1.27. The van der Waals surface area contributed by atoms with Gasteiger partial charge in [-0.15, -0.1) is 0 Å². The van der Waals surface area contributed by atoms with Crippen molar-refractivity contribution in [3.05, 3.63) is 29.3 Å². The van der Waals surface area contributed by atoms with Crippen LogP contribution in [0.25, 0.3) is 0 Å². The first-order chi connectivity index (χ1) is 8.09. The highest BCUT2D eigenvalue weighted by Crippen LogP contribution is 2.31. The minimum atomic E-state index is -3.06. The van der Waals surface area contributed by atoms with Crippen molar-refractivity contribution in [3.8, 4) is 5.75 Å². The van der Waals surface area contributed by atoms with Gasteiger partial charge in [-0.25, -0.2) is 4.21 Å². The van der Waals surface area contributed by atoms with E-state index in [4.69, 9.17) is 4.55 Å². The molecule has 1 atom stereocenters. The van der Waals surface area contributed by atoms with Crippen LogP contribution in [0.2, 0.25) is 0 Å². The van der Waals surface area contributed by atoms with Crippen molar-refractivity contribution in [2.45, 2.75) is 39.0 Å². The molecule has 5 heteroatoms. The zero-order valence-electron chi connectivity index (χ0n) is 11.0. The van der Waals surface area contributed by atoms with Crippen LogP contribution >= 0.6 is 0 Å². The smallest absolute Gasteiger partial charge is 0.141 e. The molecule has 0 amide bonds. The molecule has 0 aliphatic rings. The normalized spacial score (nSPS) is 15.3. The summed E-state index contributed by atoms with van der Waals surface area (Å²) >= 11 is 4.45. The van der Waals surface area contributed by atoms with Crippen molar-refractivity contribution in [1.29, 1.82) is 0 Å². The zero-order valence-corrected chi connectivity index (χ0v) is 12.6. The first-order valence-electron chi connectivity index (χ1n) is 5.87. The fraction of sp³-hybridized carbons (Fsp3) is 0.538. The average molecular weight is 288 g/mol. The third kappa shape index (κ3) is 4.92. The monoisotopic (exact) mass is 288 g/mol. The molecule has 0 saturated carbocycles. The molecule has 1 rings (SSSR count). The molecule has 0 aromatic heterocycles. The van der Waals surface area contributed by atoms with E-state index in [9.17, 15) is 9.32 Å². The van der Waals surface area contributed by atoms with E-state index in [0.29, 0.717) is 18.6 Å². The van der Waals surface area contributed by atoms with Gasteiger partial charge in [-0.3, -0.25) is 0 Å². The van der Waals surface area contributed by atoms with Crippen LogP contribution in [0.5, 0.6) is 5.75 Å². The molecule has 0 bridgehead atoms.